The molecule has 2 heterocycles. The van der Waals surface area contributed by atoms with Crippen molar-refractivity contribution in [1.29, 1.82) is 0 Å². The van der Waals surface area contributed by atoms with E-state index in [-0.39, 0.29) is 24.4 Å². The molecule has 0 aromatic heterocycles. The van der Waals surface area contributed by atoms with Gasteiger partial charge in [-0.05, 0) is 0 Å². The minimum atomic E-state index is -0.855. The fourth-order valence-electron chi connectivity index (χ4n) is 1.99. The predicted molar refractivity (Wildman–Crippen MR) is 58.0 cm³/mol. The number of amides is 1. The molecule has 88 valence electrons. The van der Waals surface area contributed by atoms with E-state index in [4.69, 9.17) is 0 Å². The van der Waals surface area contributed by atoms with E-state index < -0.39 is 6.17 Å². The lowest BCUT2D eigenvalue weighted by molar-refractivity contribution is -0.133. The Morgan fingerprint density at radius 3 is 2.53 bits per heavy atom. The van der Waals surface area contributed by atoms with Gasteiger partial charge in [0.25, 0.3) is 0 Å². The summed E-state index contributed by atoms with van der Waals surface area (Å²) in [7, 11) is 0. The van der Waals surface area contributed by atoms with Crippen molar-refractivity contribution in [2.75, 3.05) is 32.7 Å². The van der Waals surface area contributed by atoms with Crippen LogP contribution in [0.4, 0.5) is 4.39 Å². The number of carbonyl (C=O) groups is 1. The van der Waals surface area contributed by atoms with Crippen molar-refractivity contribution in [3.8, 4) is 0 Å². The maximum absolute atomic E-state index is 12.9. The van der Waals surface area contributed by atoms with Crippen LogP contribution >= 0.6 is 12.4 Å². The second-order valence-electron chi connectivity index (χ2n) is 3.87. The number of nitrogens with one attached hydrogen (secondary N) is 2. The molecule has 2 rings (SSSR count). The number of alkyl halides is 1. The first-order chi connectivity index (χ1) is 6.77. The second-order valence-corrected chi connectivity index (χ2v) is 3.87. The van der Waals surface area contributed by atoms with Gasteiger partial charge in [-0.25, -0.2) is 4.39 Å². The third kappa shape index (κ3) is 3.03. The SMILES string of the molecule is Cl.O=C([C@@H]1C[C@@H](F)CN1)N1CCNCC1. The average molecular weight is 238 g/mol. The Bertz CT molecular complexity index is 217. The van der Waals surface area contributed by atoms with Gasteiger partial charge in [-0.2, -0.15) is 0 Å². The van der Waals surface area contributed by atoms with Crippen molar-refractivity contribution in [2.24, 2.45) is 0 Å². The first kappa shape index (κ1) is 12.7. The molecule has 0 aromatic rings. The Morgan fingerprint density at radius 2 is 2.00 bits per heavy atom. The molecule has 0 spiro atoms. The van der Waals surface area contributed by atoms with Crippen LogP contribution in [0.25, 0.3) is 0 Å². The number of rotatable bonds is 1. The molecule has 15 heavy (non-hydrogen) atoms. The number of carbonyl (C=O) groups excluding carboxylic acids is 1. The van der Waals surface area contributed by atoms with Crippen LogP contribution in [0.15, 0.2) is 0 Å². The monoisotopic (exact) mass is 237 g/mol. The van der Waals surface area contributed by atoms with Crippen LogP contribution < -0.4 is 10.6 Å². The van der Waals surface area contributed by atoms with Crippen molar-refractivity contribution in [2.45, 2.75) is 18.6 Å². The van der Waals surface area contributed by atoms with E-state index in [1.807, 2.05) is 4.90 Å². The van der Waals surface area contributed by atoms with Crippen LogP contribution in [0.3, 0.4) is 0 Å². The minimum absolute atomic E-state index is 0. The summed E-state index contributed by atoms with van der Waals surface area (Å²) in [6, 6.07) is -0.289. The van der Waals surface area contributed by atoms with Crippen molar-refractivity contribution < 1.29 is 9.18 Å². The molecule has 0 unspecified atom stereocenters. The molecule has 2 aliphatic heterocycles. The Kier molecular flexibility index (Phi) is 4.76. The quantitative estimate of drug-likeness (QED) is 0.649. The number of piperazine rings is 1. The zero-order valence-electron chi connectivity index (χ0n) is 8.54. The molecular weight excluding hydrogens is 221 g/mol. The molecule has 4 nitrogen and oxygen atoms in total. The molecule has 2 saturated heterocycles. The first-order valence-electron chi connectivity index (χ1n) is 5.14. The fourth-order valence-corrected chi connectivity index (χ4v) is 1.99. The lowest BCUT2D eigenvalue weighted by Crippen LogP contribution is -2.51. The molecule has 2 fully saturated rings. The zero-order chi connectivity index (χ0) is 9.97. The van der Waals surface area contributed by atoms with E-state index in [1.165, 1.54) is 0 Å². The second kappa shape index (κ2) is 5.63. The molecular formula is C9H17ClFN3O. The highest BCUT2D eigenvalue weighted by Crippen LogP contribution is 2.12. The maximum atomic E-state index is 12.9. The van der Waals surface area contributed by atoms with Crippen molar-refractivity contribution in [1.82, 2.24) is 15.5 Å². The van der Waals surface area contributed by atoms with Crippen LogP contribution in [-0.2, 0) is 4.79 Å². The van der Waals surface area contributed by atoms with Crippen molar-refractivity contribution >= 4 is 18.3 Å². The summed E-state index contributed by atoms with van der Waals surface area (Å²) in [6.45, 7) is 3.50. The van der Waals surface area contributed by atoms with Gasteiger partial charge in [-0.3, -0.25) is 4.79 Å². The third-order valence-electron chi connectivity index (χ3n) is 2.80. The molecule has 0 saturated carbocycles. The summed E-state index contributed by atoms with van der Waals surface area (Å²) in [6.07, 6.45) is -0.519. The van der Waals surface area contributed by atoms with E-state index >= 15 is 0 Å². The number of hydrogen-bond acceptors (Lipinski definition) is 3. The molecule has 0 bridgehead atoms. The Morgan fingerprint density at radius 1 is 1.33 bits per heavy atom. The van der Waals surface area contributed by atoms with Gasteiger partial charge in [0.15, 0.2) is 0 Å². The summed E-state index contributed by atoms with van der Waals surface area (Å²) < 4.78 is 12.9. The topological polar surface area (TPSA) is 44.4 Å². The molecule has 0 aromatic carbocycles. The fraction of sp³-hybridized carbons (Fsp3) is 0.889. The maximum Gasteiger partial charge on any atom is 0.239 e. The predicted octanol–water partition coefficient (Wildman–Crippen LogP) is -0.460. The largest absolute Gasteiger partial charge is 0.339 e. The standard InChI is InChI=1S/C9H16FN3O.ClH/c10-7-5-8(12-6-7)9(14)13-3-1-11-2-4-13;/h7-8,11-12H,1-6H2;1H/t7-,8+;/m1./s1. The van der Waals surface area contributed by atoms with E-state index in [9.17, 15) is 9.18 Å². The van der Waals surface area contributed by atoms with E-state index in [0.717, 1.165) is 26.2 Å². The average Bonchev–Trinajstić information content (AvgIpc) is 2.65. The summed E-state index contributed by atoms with van der Waals surface area (Å²) in [4.78, 5) is 13.6. The Balaban J connectivity index is 0.00000112. The van der Waals surface area contributed by atoms with Gasteiger partial charge in [0.05, 0.1) is 6.04 Å². The van der Waals surface area contributed by atoms with Gasteiger partial charge in [-0.1, -0.05) is 0 Å². The van der Waals surface area contributed by atoms with Gasteiger partial charge in [0.2, 0.25) is 5.91 Å². The Labute approximate surface area is 95.0 Å². The summed E-state index contributed by atoms with van der Waals surface area (Å²) in [5.74, 6) is 0.0617. The summed E-state index contributed by atoms with van der Waals surface area (Å²) in [5.41, 5.74) is 0. The van der Waals surface area contributed by atoms with Gasteiger partial charge < -0.3 is 15.5 Å². The van der Waals surface area contributed by atoms with Crippen molar-refractivity contribution in [3.63, 3.8) is 0 Å². The first-order valence-corrected chi connectivity index (χ1v) is 5.14. The normalized spacial score (nSPS) is 31.1. The minimum Gasteiger partial charge on any atom is -0.339 e. The van der Waals surface area contributed by atoms with Crippen LogP contribution in [-0.4, -0.2) is 55.7 Å². The number of hydrogen-bond donors (Lipinski definition) is 2. The highest BCUT2D eigenvalue weighted by Gasteiger charge is 2.32. The molecule has 0 radical (unpaired) electrons. The van der Waals surface area contributed by atoms with E-state index in [1.54, 1.807) is 0 Å². The lowest BCUT2D eigenvalue weighted by Gasteiger charge is -2.29. The molecule has 1 amide bonds. The van der Waals surface area contributed by atoms with Gasteiger partial charge >= 0.3 is 0 Å². The molecule has 0 aliphatic carbocycles. The van der Waals surface area contributed by atoms with Gasteiger partial charge in [0, 0.05) is 39.1 Å². The zero-order valence-corrected chi connectivity index (χ0v) is 9.36. The highest BCUT2D eigenvalue weighted by molar-refractivity contribution is 5.85. The molecule has 2 N–H and O–H groups in total. The highest BCUT2D eigenvalue weighted by atomic mass is 35.5. The smallest absolute Gasteiger partial charge is 0.239 e. The van der Waals surface area contributed by atoms with Gasteiger partial charge in [-0.15, -0.1) is 12.4 Å². The van der Waals surface area contributed by atoms with Crippen LogP contribution in [0.5, 0.6) is 0 Å². The summed E-state index contributed by atoms with van der Waals surface area (Å²) in [5, 5.41) is 6.10. The van der Waals surface area contributed by atoms with Crippen LogP contribution in [0, 0.1) is 0 Å². The Hall–Kier alpha value is -0.390. The lowest BCUT2D eigenvalue weighted by atomic mass is 10.2. The van der Waals surface area contributed by atoms with Crippen LogP contribution in [0.2, 0.25) is 0 Å². The number of nitrogens with zero attached hydrogens (tertiary/aromatic N) is 1. The summed E-state index contributed by atoms with van der Waals surface area (Å²) >= 11 is 0. The van der Waals surface area contributed by atoms with Crippen molar-refractivity contribution in [3.05, 3.63) is 0 Å². The van der Waals surface area contributed by atoms with E-state index in [0.29, 0.717) is 13.0 Å². The molecule has 2 aliphatic rings. The third-order valence-corrected chi connectivity index (χ3v) is 2.80. The van der Waals surface area contributed by atoms with Gasteiger partial charge in [0.1, 0.15) is 6.17 Å². The molecule has 6 heteroatoms. The number of halogens is 2. The molecule has 2 atom stereocenters. The van der Waals surface area contributed by atoms with Crippen LogP contribution in [0.1, 0.15) is 6.42 Å². The van der Waals surface area contributed by atoms with E-state index in [2.05, 4.69) is 10.6 Å².